The largest absolute Gasteiger partial charge is 0.298 e. The van der Waals surface area contributed by atoms with Gasteiger partial charge in [0, 0.05) is 16.5 Å². The Balaban J connectivity index is 1.45. The number of aromatic nitrogens is 5. The van der Waals surface area contributed by atoms with Crippen molar-refractivity contribution in [3.05, 3.63) is 204 Å². The van der Waals surface area contributed by atoms with Gasteiger partial charge in [-0.1, -0.05) is 152 Å². The van der Waals surface area contributed by atoms with E-state index in [2.05, 4.69) is 46.7 Å². The number of rotatable bonds is 10. The zero-order valence-electron chi connectivity index (χ0n) is 27.3. The molecule has 0 N–H and O–H groups in total. The number of benzene rings is 6. The number of hydrogen-bond acceptors (Lipinski definition) is 6. The number of hydrogen-bond donors (Lipinski definition) is 0. The van der Waals surface area contributed by atoms with Crippen LogP contribution in [0.4, 0.5) is 0 Å². The smallest absolute Gasteiger partial charge is 0.268 e. The summed E-state index contributed by atoms with van der Waals surface area (Å²) in [5, 5.41) is 14.3. The summed E-state index contributed by atoms with van der Waals surface area (Å²) in [6.07, 6.45) is 0.838. The molecule has 0 unspecified atom stereocenters. The van der Waals surface area contributed by atoms with E-state index in [1.54, 1.807) is 42.5 Å². The van der Waals surface area contributed by atoms with Gasteiger partial charge in [-0.05, 0) is 50.9 Å². The lowest BCUT2D eigenvalue weighted by atomic mass is 9.77. The molecular weight excluding hydrogens is 655 g/mol. The number of para-hydroxylation sites is 1. The van der Waals surface area contributed by atoms with Crippen LogP contribution in [0, 0.1) is 0 Å². The molecule has 0 spiro atoms. The summed E-state index contributed by atoms with van der Waals surface area (Å²) in [4.78, 5) is 11.8. The van der Waals surface area contributed by atoms with Crippen molar-refractivity contribution in [1.29, 1.82) is 0 Å². The fourth-order valence-electron chi connectivity index (χ4n) is 7.08. The first kappa shape index (κ1) is 31.8. The summed E-state index contributed by atoms with van der Waals surface area (Å²) in [5.41, 5.74) is 4.75. The van der Waals surface area contributed by atoms with E-state index in [0.29, 0.717) is 28.2 Å². The van der Waals surface area contributed by atoms with Gasteiger partial charge < -0.3 is 0 Å². The third-order valence-corrected chi connectivity index (χ3v) is 11.1. The van der Waals surface area contributed by atoms with Gasteiger partial charge >= 0.3 is 0 Å². The van der Waals surface area contributed by atoms with Gasteiger partial charge in [0.1, 0.15) is 11.8 Å². The van der Waals surface area contributed by atoms with Crippen molar-refractivity contribution in [2.75, 3.05) is 0 Å². The van der Waals surface area contributed by atoms with E-state index in [0.717, 1.165) is 33.9 Å². The second kappa shape index (κ2) is 13.1. The Bertz CT molecular complexity index is 2470. The molecule has 0 saturated heterocycles. The predicted molar refractivity (Wildman–Crippen MR) is 197 cm³/mol. The maximum absolute atomic E-state index is 14.7. The molecular formula is C42H31N5O3S. The Morgan fingerprint density at radius 1 is 0.608 bits per heavy atom. The lowest BCUT2D eigenvalue weighted by Gasteiger charge is -2.36. The van der Waals surface area contributed by atoms with Crippen molar-refractivity contribution in [3.63, 3.8) is 0 Å². The number of carbonyl (C=O) groups excluding carboxylic acids is 1. The summed E-state index contributed by atoms with van der Waals surface area (Å²) < 4.78 is 32.7. The molecule has 8 rings (SSSR count). The normalized spacial score (nSPS) is 11.8. The Labute approximate surface area is 295 Å². The van der Waals surface area contributed by atoms with Gasteiger partial charge in [-0.25, -0.2) is 17.1 Å². The van der Waals surface area contributed by atoms with Crippen LogP contribution < -0.4 is 0 Å². The molecule has 0 saturated carbocycles. The quantitative estimate of drug-likeness (QED) is 0.108. The summed E-state index contributed by atoms with van der Waals surface area (Å²) in [5.74, 6) is 0.449. The number of carbonyl (C=O) groups is 1. The molecule has 8 aromatic rings. The molecule has 0 radical (unpaired) electrons. The molecule has 0 amide bonds. The van der Waals surface area contributed by atoms with Crippen LogP contribution in [0.3, 0.4) is 0 Å². The summed E-state index contributed by atoms with van der Waals surface area (Å²) in [7, 11) is -4.12. The van der Waals surface area contributed by atoms with E-state index in [1.807, 2.05) is 95.7 Å². The lowest BCUT2D eigenvalue weighted by molar-refractivity contribution is 0.112. The molecule has 0 aliphatic heterocycles. The average Bonchev–Trinajstić information content (AvgIpc) is 3.79. The van der Waals surface area contributed by atoms with Crippen molar-refractivity contribution in [1.82, 2.24) is 24.2 Å². The van der Waals surface area contributed by atoms with Crippen LogP contribution in [-0.4, -0.2) is 38.9 Å². The number of aldehydes is 1. The molecule has 0 bridgehead atoms. The van der Waals surface area contributed by atoms with Crippen LogP contribution in [0.15, 0.2) is 175 Å². The van der Waals surface area contributed by atoms with Gasteiger partial charge in [-0.2, -0.15) is 0 Å². The Kier molecular flexibility index (Phi) is 8.17. The molecule has 0 fully saturated rings. The van der Waals surface area contributed by atoms with Crippen molar-refractivity contribution in [2.24, 2.45) is 0 Å². The molecule has 6 aromatic carbocycles. The third kappa shape index (κ3) is 5.35. The number of tetrazole rings is 1. The van der Waals surface area contributed by atoms with Crippen LogP contribution in [0.1, 0.15) is 38.6 Å². The predicted octanol–water partition coefficient (Wildman–Crippen LogP) is 7.78. The first-order valence-corrected chi connectivity index (χ1v) is 17.9. The van der Waals surface area contributed by atoms with Crippen LogP contribution >= 0.6 is 0 Å². The van der Waals surface area contributed by atoms with Gasteiger partial charge in [0.2, 0.25) is 0 Å². The monoisotopic (exact) mass is 685 g/mol. The number of nitrogens with zero attached hydrogens (tertiary/aromatic N) is 5. The van der Waals surface area contributed by atoms with Gasteiger partial charge in [0.05, 0.1) is 22.5 Å². The van der Waals surface area contributed by atoms with E-state index in [1.165, 1.54) is 3.97 Å². The van der Waals surface area contributed by atoms with Crippen molar-refractivity contribution in [2.45, 2.75) is 16.9 Å². The molecule has 8 nitrogen and oxygen atoms in total. The molecule has 2 heterocycles. The van der Waals surface area contributed by atoms with Crippen LogP contribution in [0.25, 0.3) is 22.0 Å². The highest BCUT2D eigenvalue weighted by Gasteiger charge is 2.42. The van der Waals surface area contributed by atoms with Crippen LogP contribution in [0.2, 0.25) is 0 Å². The van der Waals surface area contributed by atoms with Crippen molar-refractivity contribution >= 4 is 27.2 Å². The molecule has 0 aliphatic carbocycles. The lowest BCUT2D eigenvalue weighted by Crippen LogP contribution is -2.40. The second-order valence-corrected chi connectivity index (χ2v) is 13.9. The molecule has 0 aliphatic rings. The highest BCUT2D eigenvalue weighted by atomic mass is 32.2. The maximum Gasteiger partial charge on any atom is 0.268 e. The zero-order valence-corrected chi connectivity index (χ0v) is 28.1. The van der Waals surface area contributed by atoms with Crippen LogP contribution in [0.5, 0.6) is 0 Å². The minimum atomic E-state index is -4.12. The van der Waals surface area contributed by atoms with Gasteiger partial charge in [-0.3, -0.25) is 4.79 Å². The minimum absolute atomic E-state index is 0.0484. The molecule has 51 heavy (non-hydrogen) atoms. The van der Waals surface area contributed by atoms with E-state index >= 15 is 0 Å². The third-order valence-electron chi connectivity index (χ3n) is 9.29. The molecule has 0 atom stereocenters. The summed E-state index contributed by atoms with van der Waals surface area (Å²) in [6, 6.07) is 53.3. The van der Waals surface area contributed by atoms with E-state index in [4.69, 9.17) is 5.21 Å². The molecule has 2 aromatic heterocycles. The minimum Gasteiger partial charge on any atom is -0.298 e. The van der Waals surface area contributed by atoms with E-state index in [-0.39, 0.29) is 11.3 Å². The van der Waals surface area contributed by atoms with Crippen LogP contribution in [-0.2, 0) is 22.0 Å². The first-order chi connectivity index (χ1) is 25.0. The molecule has 9 heteroatoms. The maximum atomic E-state index is 14.7. The highest BCUT2D eigenvalue weighted by molar-refractivity contribution is 7.90. The van der Waals surface area contributed by atoms with E-state index < -0.39 is 15.6 Å². The fourth-order valence-corrected chi connectivity index (χ4v) is 8.65. The van der Waals surface area contributed by atoms with E-state index in [9.17, 15) is 13.2 Å². The average molecular weight is 686 g/mol. The second-order valence-electron chi connectivity index (χ2n) is 12.2. The zero-order chi connectivity index (χ0) is 34.8. The van der Waals surface area contributed by atoms with Gasteiger partial charge in [-0.15, -0.1) is 5.10 Å². The van der Waals surface area contributed by atoms with Crippen molar-refractivity contribution in [3.8, 4) is 11.1 Å². The fraction of sp³-hybridized carbons (Fsp3) is 0.0476. The Morgan fingerprint density at radius 2 is 1.12 bits per heavy atom. The number of fused-ring (bicyclic) bond motifs is 1. The highest BCUT2D eigenvalue weighted by Crippen LogP contribution is 2.43. The first-order valence-electron chi connectivity index (χ1n) is 16.5. The Hall–Kier alpha value is -6.45. The standard InChI is InChI=1S/C42H31N5O3S/c48-30-31-25-27-32(28-26-31)41-37-23-13-14-24-38(37)46(51(49,50)36-21-11-4-12-22-36)39(41)29-40-43-44-45-47(40)42(33-15-5-1-6-16-33,34-17-7-2-8-18-34)35-19-9-3-10-20-35/h1-28,30H,29H2. The van der Waals surface area contributed by atoms with Crippen molar-refractivity contribution < 1.29 is 13.2 Å². The topological polar surface area (TPSA) is 99.7 Å². The SMILES string of the molecule is O=Cc1ccc(-c2c(Cc3nnnn3C(c3ccccc3)(c3ccccc3)c3ccccc3)n(S(=O)(=O)c3ccccc3)c3ccccc23)cc1. The Morgan fingerprint density at radius 3 is 1.67 bits per heavy atom. The summed E-state index contributed by atoms with van der Waals surface area (Å²) >= 11 is 0. The van der Waals surface area contributed by atoms with Gasteiger partial charge in [0.15, 0.2) is 5.82 Å². The molecule has 248 valence electrons. The van der Waals surface area contributed by atoms with Gasteiger partial charge in [0.25, 0.3) is 10.0 Å². The summed E-state index contributed by atoms with van der Waals surface area (Å²) in [6.45, 7) is 0.